The average Bonchev–Trinajstić information content (AvgIpc) is 3.20. The van der Waals surface area contributed by atoms with Gasteiger partial charge in [0.1, 0.15) is 0 Å². The highest BCUT2D eigenvalue weighted by atomic mass is 16.5. The second-order valence-electron chi connectivity index (χ2n) is 7.64. The smallest absolute Gasteiger partial charge is 0.276 e. The van der Waals surface area contributed by atoms with Crippen LogP contribution in [0.3, 0.4) is 0 Å². The van der Waals surface area contributed by atoms with E-state index < -0.39 is 5.91 Å². The molecule has 0 radical (unpaired) electrons. The molecule has 2 aliphatic heterocycles. The Balaban J connectivity index is 1.46. The van der Waals surface area contributed by atoms with Crippen LogP contribution in [0.5, 0.6) is 0 Å². The first-order chi connectivity index (χ1) is 11.6. The summed E-state index contributed by atoms with van der Waals surface area (Å²) in [5.74, 6) is -0.491. The predicted octanol–water partition coefficient (Wildman–Crippen LogP) is 1.58. The van der Waals surface area contributed by atoms with E-state index in [1.54, 1.807) is 11.7 Å². The van der Waals surface area contributed by atoms with Gasteiger partial charge in [-0.25, -0.2) is 5.48 Å². The van der Waals surface area contributed by atoms with Crippen LogP contribution < -0.4 is 5.48 Å². The van der Waals surface area contributed by atoms with Crippen LogP contribution in [0.2, 0.25) is 0 Å². The number of rotatable bonds is 2. The lowest BCUT2D eigenvalue weighted by Crippen LogP contribution is -2.43. The molecule has 3 aliphatic rings. The fraction of sp³-hybridized carbons (Fsp3) is 0.667. The first-order valence-corrected chi connectivity index (χ1v) is 8.99. The number of hydrogen-bond acceptors (Lipinski definition) is 5. The molecule has 0 unspecified atom stereocenters. The van der Waals surface area contributed by atoms with Crippen molar-refractivity contribution in [2.24, 2.45) is 0 Å². The second kappa shape index (κ2) is 6.10. The zero-order chi connectivity index (χ0) is 16.7. The Kier molecular flexibility index (Phi) is 4.06. The van der Waals surface area contributed by atoms with Gasteiger partial charge >= 0.3 is 0 Å². The molecule has 130 valence electrons. The maximum Gasteiger partial charge on any atom is 0.276 e. The van der Waals surface area contributed by atoms with E-state index >= 15 is 0 Å². The zero-order valence-corrected chi connectivity index (χ0v) is 14.3. The maximum atomic E-state index is 11.5. The number of hydrogen-bond donors (Lipinski definition) is 2. The fourth-order valence-electron chi connectivity index (χ4n) is 4.97. The maximum absolute atomic E-state index is 11.5. The standard InChI is InChI=1S/C18H26N4O2/c1-21-7-2-5-18(21)6-3-15(10-18)22-8-4-13-9-14(17(23)20-24)11-19-16(13)12-22/h9,11,15,24H,2-8,10,12H2,1H3,(H,20,23)/t15-,18+/m1/s1. The average molecular weight is 330 g/mol. The molecule has 1 aliphatic carbocycles. The lowest BCUT2D eigenvalue weighted by atomic mass is 9.93. The Bertz CT molecular complexity index is 650. The van der Waals surface area contributed by atoms with Crippen molar-refractivity contribution in [1.29, 1.82) is 0 Å². The van der Waals surface area contributed by atoms with Crippen molar-refractivity contribution < 1.29 is 10.0 Å². The van der Waals surface area contributed by atoms with Crippen LogP contribution in [0.15, 0.2) is 12.3 Å². The highest BCUT2D eigenvalue weighted by Crippen LogP contribution is 2.44. The van der Waals surface area contributed by atoms with E-state index in [-0.39, 0.29) is 0 Å². The number of hydroxylamine groups is 1. The molecule has 1 saturated heterocycles. The third kappa shape index (κ3) is 2.62. The van der Waals surface area contributed by atoms with Crippen LogP contribution in [-0.2, 0) is 13.0 Å². The number of likely N-dealkylation sites (tertiary alicyclic amines) is 1. The Morgan fingerprint density at radius 1 is 1.42 bits per heavy atom. The van der Waals surface area contributed by atoms with Crippen LogP contribution in [0, 0.1) is 0 Å². The Labute approximate surface area is 142 Å². The third-order valence-electron chi connectivity index (χ3n) is 6.47. The molecule has 1 aromatic rings. The minimum Gasteiger partial charge on any atom is -0.301 e. The summed E-state index contributed by atoms with van der Waals surface area (Å²) in [5, 5.41) is 8.76. The van der Waals surface area contributed by atoms with Crippen molar-refractivity contribution in [2.45, 2.75) is 56.7 Å². The molecule has 24 heavy (non-hydrogen) atoms. The fourth-order valence-corrected chi connectivity index (χ4v) is 4.97. The van der Waals surface area contributed by atoms with Crippen molar-refractivity contribution in [3.63, 3.8) is 0 Å². The summed E-state index contributed by atoms with van der Waals surface area (Å²) in [7, 11) is 2.29. The van der Waals surface area contributed by atoms with E-state index in [1.165, 1.54) is 38.6 Å². The zero-order valence-electron chi connectivity index (χ0n) is 14.3. The van der Waals surface area contributed by atoms with Crippen molar-refractivity contribution in [3.8, 4) is 0 Å². The van der Waals surface area contributed by atoms with Crippen LogP contribution in [0.25, 0.3) is 0 Å². The molecule has 2 fully saturated rings. The molecular weight excluding hydrogens is 304 g/mol. The van der Waals surface area contributed by atoms with Gasteiger partial charge in [-0.05, 0) is 63.7 Å². The lowest BCUT2D eigenvalue weighted by Gasteiger charge is -2.36. The first kappa shape index (κ1) is 16.0. The van der Waals surface area contributed by atoms with E-state index in [0.717, 1.165) is 30.8 Å². The number of aromatic nitrogens is 1. The van der Waals surface area contributed by atoms with E-state index in [4.69, 9.17) is 5.21 Å². The molecule has 3 heterocycles. The van der Waals surface area contributed by atoms with Crippen LogP contribution in [0.1, 0.15) is 53.7 Å². The van der Waals surface area contributed by atoms with Gasteiger partial charge in [-0.2, -0.15) is 0 Å². The van der Waals surface area contributed by atoms with E-state index in [9.17, 15) is 4.79 Å². The molecule has 2 N–H and O–H groups in total. The van der Waals surface area contributed by atoms with E-state index in [2.05, 4.69) is 21.8 Å². The molecule has 4 rings (SSSR count). The highest BCUT2D eigenvalue weighted by molar-refractivity contribution is 5.93. The minimum atomic E-state index is -0.491. The van der Waals surface area contributed by atoms with Gasteiger partial charge in [0.2, 0.25) is 0 Å². The molecule has 6 heteroatoms. The number of nitrogens with zero attached hydrogens (tertiary/aromatic N) is 3. The molecule has 1 spiro atoms. The highest BCUT2D eigenvalue weighted by Gasteiger charge is 2.46. The van der Waals surface area contributed by atoms with Gasteiger partial charge < -0.3 is 4.90 Å². The minimum absolute atomic E-state index is 0.428. The second-order valence-corrected chi connectivity index (χ2v) is 7.64. The molecular formula is C18H26N4O2. The van der Waals surface area contributed by atoms with Gasteiger partial charge in [0, 0.05) is 30.9 Å². The van der Waals surface area contributed by atoms with E-state index in [0.29, 0.717) is 17.1 Å². The summed E-state index contributed by atoms with van der Waals surface area (Å²) in [6, 6.07) is 2.52. The van der Waals surface area contributed by atoms with Gasteiger partial charge in [-0.15, -0.1) is 0 Å². The number of carbonyl (C=O) groups excluding carboxylic acids is 1. The van der Waals surface area contributed by atoms with Gasteiger partial charge in [0.15, 0.2) is 0 Å². The largest absolute Gasteiger partial charge is 0.301 e. The molecule has 2 atom stereocenters. The monoisotopic (exact) mass is 330 g/mol. The Morgan fingerprint density at radius 3 is 3.04 bits per heavy atom. The number of amides is 1. The Morgan fingerprint density at radius 2 is 2.29 bits per heavy atom. The van der Waals surface area contributed by atoms with Gasteiger partial charge in [0.25, 0.3) is 5.91 Å². The van der Waals surface area contributed by atoms with Crippen molar-refractivity contribution in [2.75, 3.05) is 20.1 Å². The summed E-state index contributed by atoms with van der Waals surface area (Å²) in [4.78, 5) is 21.2. The van der Waals surface area contributed by atoms with Gasteiger partial charge in [-0.1, -0.05) is 0 Å². The quantitative estimate of drug-likeness (QED) is 0.636. The number of nitrogens with one attached hydrogen (secondary N) is 1. The van der Waals surface area contributed by atoms with Crippen LogP contribution >= 0.6 is 0 Å². The molecule has 1 amide bonds. The Hall–Kier alpha value is -1.50. The summed E-state index contributed by atoms with van der Waals surface area (Å²) in [6.45, 7) is 3.15. The van der Waals surface area contributed by atoms with Crippen molar-refractivity contribution in [1.82, 2.24) is 20.3 Å². The molecule has 1 saturated carbocycles. The van der Waals surface area contributed by atoms with Gasteiger partial charge in [-0.3, -0.25) is 19.9 Å². The number of carbonyl (C=O) groups is 1. The van der Waals surface area contributed by atoms with Crippen LogP contribution in [0.4, 0.5) is 0 Å². The first-order valence-electron chi connectivity index (χ1n) is 8.99. The number of pyridine rings is 1. The van der Waals surface area contributed by atoms with Crippen molar-refractivity contribution >= 4 is 5.91 Å². The topological polar surface area (TPSA) is 68.7 Å². The summed E-state index contributed by atoms with van der Waals surface area (Å²) >= 11 is 0. The van der Waals surface area contributed by atoms with Crippen molar-refractivity contribution in [3.05, 3.63) is 29.1 Å². The molecule has 0 aromatic carbocycles. The normalized spacial score (nSPS) is 30.7. The SMILES string of the molecule is CN1CCC[C@@]12CC[C@@H](N1CCc3cc(C(=O)NO)cnc3C1)C2. The lowest BCUT2D eigenvalue weighted by molar-refractivity contribution is 0.0705. The predicted molar refractivity (Wildman–Crippen MR) is 89.8 cm³/mol. The van der Waals surface area contributed by atoms with Crippen LogP contribution in [-0.4, -0.2) is 57.6 Å². The summed E-state index contributed by atoms with van der Waals surface area (Å²) in [6.07, 6.45) is 9.06. The summed E-state index contributed by atoms with van der Waals surface area (Å²) < 4.78 is 0. The molecule has 0 bridgehead atoms. The third-order valence-corrected chi connectivity index (χ3v) is 6.47. The number of fused-ring (bicyclic) bond motifs is 1. The van der Waals surface area contributed by atoms with Gasteiger partial charge in [0.05, 0.1) is 11.3 Å². The molecule has 6 nitrogen and oxygen atoms in total. The molecule has 1 aromatic heterocycles. The van der Waals surface area contributed by atoms with E-state index in [1.807, 2.05) is 6.07 Å². The summed E-state index contributed by atoms with van der Waals surface area (Å²) in [5.41, 5.74) is 4.77.